The van der Waals surface area contributed by atoms with Gasteiger partial charge in [-0.05, 0) is 0 Å². The van der Waals surface area contributed by atoms with E-state index < -0.39 is 5.97 Å². The molecular formula is C10H18N2O4S. The SMILES string of the molecule is CN(CCO)C(=O)N1CCSCC1CC(=O)O. The average molecular weight is 262 g/mol. The second kappa shape index (κ2) is 6.70. The highest BCUT2D eigenvalue weighted by Gasteiger charge is 2.30. The van der Waals surface area contributed by atoms with Crippen LogP contribution in [-0.2, 0) is 4.79 Å². The third kappa shape index (κ3) is 4.08. The quantitative estimate of drug-likeness (QED) is 0.741. The normalized spacial score (nSPS) is 20.1. The molecule has 0 radical (unpaired) electrons. The van der Waals surface area contributed by atoms with Crippen LogP contribution in [-0.4, -0.2) is 76.3 Å². The zero-order valence-corrected chi connectivity index (χ0v) is 10.7. The number of carbonyl (C=O) groups excluding carboxylic acids is 1. The molecule has 1 fully saturated rings. The van der Waals surface area contributed by atoms with Gasteiger partial charge in [0.1, 0.15) is 0 Å². The van der Waals surface area contributed by atoms with Crippen LogP contribution in [0.3, 0.4) is 0 Å². The van der Waals surface area contributed by atoms with E-state index in [-0.39, 0.29) is 31.6 Å². The van der Waals surface area contributed by atoms with Crippen LogP contribution in [0.5, 0.6) is 0 Å². The Morgan fingerprint density at radius 3 is 2.82 bits per heavy atom. The first-order chi connectivity index (χ1) is 8.06. The van der Waals surface area contributed by atoms with E-state index in [2.05, 4.69) is 0 Å². The molecule has 1 unspecified atom stereocenters. The molecular weight excluding hydrogens is 244 g/mol. The minimum atomic E-state index is -0.889. The molecule has 0 saturated carbocycles. The van der Waals surface area contributed by atoms with Crippen LogP contribution in [0.1, 0.15) is 6.42 Å². The largest absolute Gasteiger partial charge is 0.481 e. The first kappa shape index (κ1) is 14.1. The number of hydrogen-bond acceptors (Lipinski definition) is 4. The van der Waals surface area contributed by atoms with Gasteiger partial charge in [0.2, 0.25) is 0 Å². The van der Waals surface area contributed by atoms with Crippen LogP contribution in [0, 0.1) is 0 Å². The van der Waals surface area contributed by atoms with Crippen LogP contribution in [0.4, 0.5) is 4.79 Å². The molecule has 0 bridgehead atoms. The summed E-state index contributed by atoms with van der Waals surface area (Å²) in [4.78, 5) is 25.8. The van der Waals surface area contributed by atoms with Crippen molar-refractivity contribution >= 4 is 23.8 Å². The van der Waals surface area contributed by atoms with Gasteiger partial charge in [0.05, 0.1) is 19.1 Å². The number of likely N-dealkylation sites (N-methyl/N-ethyl adjacent to an activating group) is 1. The minimum absolute atomic E-state index is 0.0221. The summed E-state index contributed by atoms with van der Waals surface area (Å²) in [7, 11) is 1.61. The molecule has 0 aliphatic carbocycles. The second-order valence-electron chi connectivity index (χ2n) is 3.95. The van der Waals surface area contributed by atoms with Crippen molar-refractivity contribution in [3.63, 3.8) is 0 Å². The number of aliphatic hydroxyl groups excluding tert-OH is 1. The number of carboxylic acids is 1. The molecule has 7 heteroatoms. The summed E-state index contributed by atoms with van der Waals surface area (Å²) in [5.41, 5.74) is 0. The molecule has 0 aromatic carbocycles. The van der Waals surface area contributed by atoms with E-state index in [4.69, 9.17) is 10.2 Å². The van der Waals surface area contributed by atoms with Gasteiger partial charge in [0.15, 0.2) is 0 Å². The Bertz CT molecular complexity index is 287. The van der Waals surface area contributed by atoms with E-state index in [0.717, 1.165) is 5.75 Å². The molecule has 2 N–H and O–H groups in total. The average Bonchev–Trinajstić information content (AvgIpc) is 2.28. The number of nitrogens with zero attached hydrogens (tertiary/aromatic N) is 2. The first-order valence-electron chi connectivity index (χ1n) is 5.48. The lowest BCUT2D eigenvalue weighted by Crippen LogP contribution is -2.52. The lowest BCUT2D eigenvalue weighted by Gasteiger charge is -2.37. The molecule has 1 aliphatic rings. The van der Waals surface area contributed by atoms with Crippen LogP contribution in [0.25, 0.3) is 0 Å². The van der Waals surface area contributed by atoms with Crippen molar-refractivity contribution in [1.29, 1.82) is 0 Å². The van der Waals surface area contributed by atoms with Crippen molar-refractivity contribution in [1.82, 2.24) is 9.80 Å². The molecule has 0 aromatic rings. The number of carbonyl (C=O) groups is 2. The Morgan fingerprint density at radius 2 is 2.24 bits per heavy atom. The summed E-state index contributed by atoms with van der Waals surface area (Å²) in [6.07, 6.45) is -0.0221. The van der Waals surface area contributed by atoms with E-state index in [1.165, 1.54) is 4.90 Å². The molecule has 1 saturated heterocycles. The third-order valence-corrected chi connectivity index (χ3v) is 3.74. The highest BCUT2D eigenvalue weighted by atomic mass is 32.2. The highest BCUT2D eigenvalue weighted by Crippen LogP contribution is 2.20. The first-order valence-corrected chi connectivity index (χ1v) is 6.64. The van der Waals surface area contributed by atoms with Crippen LogP contribution in [0.2, 0.25) is 0 Å². The number of urea groups is 1. The van der Waals surface area contributed by atoms with Gasteiger partial charge in [-0.25, -0.2) is 4.79 Å². The zero-order chi connectivity index (χ0) is 12.8. The fourth-order valence-corrected chi connectivity index (χ4v) is 2.80. The van der Waals surface area contributed by atoms with E-state index in [0.29, 0.717) is 12.3 Å². The Kier molecular flexibility index (Phi) is 5.57. The fourth-order valence-electron chi connectivity index (χ4n) is 1.74. The van der Waals surface area contributed by atoms with Crippen molar-refractivity contribution < 1.29 is 19.8 Å². The smallest absolute Gasteiger partial charge is 0.320 e. The molecule has 0 aromatic heterocycles. The molecule has 0 spiro atoms. The van der Waals surface area contributed by atoms with Crippen LogP contribution >= 0.6 is 11.8 Å². The van der Waals surface area contributed by atoms with Gasteiger partial charge in [0.25, 0.3) is 0 Å². The molecule has 1 rings (SSSR count). The number of aliphatic hydroxyl groups is 1. The van der Waals surface area contributed by atoms with Gasteiger partial charge in [-0.15, -0.1) is 0 Å². The summed E-state index contributed by atoms with van der Waals surface area (Å²) in [6, 6.07) is -0.453. The molecule has 1 aliphatic heterocycles. The Morgan fingerprint density at radius 1 is 1.53 bits per heavy atom. The highest BCUT2D eigenvalue weighted by molar-refractivity contribution is 7.99. The Hall–Kier alpha value is -0.950. The number of rotatable bonds is 4. The topological polar surface area (TPSA) is 81.1 Å². The maximum absolute atomic E-state index is 12.0. The monoisotopic (exact) mass is 262 g/mol. The number of hydrogen-bond donors (Lipinski definition) is 2. The van der Waals surface area contributed by atoms with Gasteiger partial charge >= 0.3 is 12.0 Å². The summed E-state index contributed by atoms with van der Waals surface area (Å²) >= 11 is 1.67. The number of thioether (sulfide) groups is 1. The predicted molar refractivity (Wildman–Crippen MR) is 65.2 cm³/mol. The lowest BCUT2D eigenvalue weighted by molar-refractivity contribution is -0.138. The predicted octanol–water partition coefficient (Wildman–Crippen LogP) is -0.0774. The zero-order valence-electron chi connectivity index (χ0n) is 9.83. The lowest BCUT2D eigenvalue weighted by atomic mass is 10.2. The standard InChI is InChI=1S/C10H18N2O4S/c1-11(2-4-13)10(16)12-3-5-17-7-8(12)6-9(14)15/h8,13H,2-7H2,1H3,(H,14,15). The summed E-state index contributed by atoms with van der Waals surface area (Å²) in [5, 5.41) is 17.6. The third-order valence-electron chi connectivity index (χ3n) is 2.65. The van der Waals surface area contributed by atoms with Crippen LogP contribution < -0.4 is 0 Å². The fraction of sp³-hybridized carbons (Fsp3) is 0.800. The maximum atomic E-state index is 12.0. The summed E-state index contributed by atoms with van der Waals surface area (Å²) in [5.74, 6) is 0.597. The van der Waals surface area contributed by atoms with Crippen LogP contribution in [0.15, 0.2) is 0 Å². The van der Waals surface area contributed by atoms with Gasteiger partial charge in [-0.2, -0.15) is 11.8 Å². The maximum Gasteiger partial charge on any atom is 0.320 e. The minimum Gasteiger partial charge on any atom is -0.481 e. The number of amides is 2. The van der Waals surface area contributed by atoms with Gasteiger partial charge in [-0.1, -0.05) is 0 Å². The van der Waals surface area contributed by atoms with Gasteiger partial charge in [0, 0.05) is 31.6 Å². The molecule has 17 heavy (non-hydrogen) atoms. The molecule has 98 valence electrons. The molecule has 1 atom stereocenters. The second-order valence-corrected chi connectivity index (χ2v) is 5.10. The van der Waals surface area contributed by atoms with Crippen molar-refractivity contribution in [3.05, 3.63) is 0 Å². The van der Waals surface area contributed by atoms with Gasteiger partial charge < -0.3 is 20.0 Å². The Labute approximate surface area is 105 Å². The van der Waals surface area contributed by atoms with Crippen molar-refractivity contribution in [3.8, 4) is 0 Å². The summed E-state index contributed by atoms with van der Waals surface area (Å²) in [6.45, 7) is 0.744. The molecule has 1 heterocycles. The summed E-state index contributed by atoms with van der Waals surface area (Å²) < 4.78 is 0. The number of carboxylic acid groups (broad SMARTS) is 1. The molecule has 6 nitrogen and oxygen atoms in total. The van der Waals surface area contributed by atoms with E-state index >= 15 is 0 Å². The van der Waals surface area contributed by atoms with E-state index in [1.807, 2.05) is 0 Å². The van der Waals surface area contributed by atoms with Gasteiger partial charge in [-0.3, -0.25) is 4.79 Å². The van der Waals surface area contributed by atoms with E-state index in [9.17, 15) is 9.59 Å². The van der Waals surface area contributed by atoms with Crippen molar-refractivity contribution in [2.24, 2.45) is 0 Å². The number of aliphatic carboxylic acids is 1. The van der Waals surface area contributed by atoms with Crippen molar-refractivity contribution in [2.45, 2.75) is 12.5 Å². The van der Waals surface area contributed by atoms with E-state index in [1.54, 1.807) is 23.7 Å². The van der Waals surface area contributed by atoms with Crippen molar-refractivity contribution in [2.75, 3.05) is 38.2 Å². The Balaban J connectivity index is 2.63. The molecule has 2 amide bonds.